The maximum Gasteiger partial charge on any atom is -0.0360 e. The topological polar surface area (TPSA) is 0 Å². The van der Waals surface area contributed by atoms with Gasteiger partial charge < -0.3 is 0 Å². The lowest BCUT2D eigenvalue weighted by molar-refractivity contribution is 0.180. The third-order valence-electron chi connectivity index (χ3n) is 3.20. The van der Waals surface area contributed by atoms with E-state index in [9.17, 15) is 0 Å². The molecular formula is C8H14. The Labute approximate surface area is 51.3 Å². The summed E-state index contributed by atoms with van der Waals surface area (Å²) in [6, 6.07) is 0. The summed E-state index contributed by atoms with van der Waals surface area (Å²) in [5, 5.41) is 0. The van der Waals surface area contributed by atoms with E-state index in [2.05, 4.69) is 6.92 Å². The zero-order valence-electron chi connectivity index (χ0n) is 5.56. The quantitative estimate of drug-likeness (QED) is 0.449. The molecule has 0 aliphatic heterocycles. The van der Waals surface area contributed by atoms with Crippen molar-refractivity contribution in [2.24, 2.45) is 17.8 Å². The van der Waals surface area contributed by atoms with Gasteiger partial charge in [0, 0.05) is 0 Å². The van der Waals surface area contributed by atoms with Crippen molar-refractivity contribution in [2.75, 3.05) is 0 Å². The predicted octanol–water partition coefficient (Wildman–Crippen LogP) is 2.44. The van der Waals surface area contributed by atoms with Gasteiger partial charge in [-0.1, -0.05) is 13.3 Å². The molecular weight excluding hydrogens is 96.1 g/mol. The van der Waals surface area contributed by atoms with Crippen LogP contribution in [-0.2, 0) is 0 Å². The Morgan fingerprint density at radius 3 is 2.00 bits per heavy atom. The van der Waals surface area contributed by atoms with Gasteiger partial charge in [-0.3, -0.25) is 0 Å². The summed E-state index contributed by atoms with van der Waals surface area (Å²) in [5.74, 6) is 3.41. The normalized spacial score (nSPS) is 52.9. The first-order chi connectivity index (χ1) is 3.88. The van der Waals surface area contributed by atoms with Gasteiger partial charge in [-0.15, -0.1) is 0 Å². The molecule has 0 aromatic carbocycles. The minimum atomic E-state index is 1.08. The molecule has 2 rings (SSSR count). The summed E-state index contributed by atoms with van der Waals surface area (Å²) >= 11 is 0. The zero-order chi connectivity index (χ0) is 5.56. The second kappa shape index (κ2) is 1.49. The maximum atomic E-state index is 2.42. The second-order valence-electron chi connectivity index (χ2n) is 3.56. The minimum absolute atomic E-state index is 1.08. The monoisotopic (exact) mass is 110 g/mol. The summed E-state index contributed by atoms with van der Waals surface area (Å²) in [7, 11) is 0. The molecule has 3 atom stereocenters. The Morgan fingerprint density at radius 1 is 1.00 bits per heavy atom. The molecule has 0 saturated heterocycles. The predicted molar refractivity (Wildman–Crippen MR) is 34.6 cm³/mol. The lowest BCUT2D eigenvalue weighted by atomic mass is 9.73. The molecule has 0 radical (unpaired) electrons. The van der Waals surface area contributed by atoms with Gasteiger partial charge in [0.25, 0.3) is 0 Å². The molecule has 0 N–H and O–H groups in total. The fourth-order valence-electron chi connectivity index (χ4n) is 2.39. The van der Waals surface area contributed by atoms with Crippen molar-refractivity contribution in [3.8, 4) is 0 Å². The molecule has 0 bridgehead atoms. The third kappa shape index (κ3) is 0.463. The van der Waals surface area contributed by atoms with Gasteiger partial charge in [-0.05, 0) is 37.0 Å². The second-order valence-corrected chi connectivity index (χ2v) is 3.56. The van der Waals surface area contributed by atoms with E-state index < -0.39 is 0 Å². The Kier molecular flexibility index (Phi) is 0.902. The Morgan fingerprint density at radius 2 is 1.75 bits per heavy atom. The number of hydrogen-bond acceptors (Lipinski definition) is 0. The third-order valence-corrected chi connectivity index (χ3v) is 3.20. The van der Waals surface area contributed by atoms with E-state index in [0.29, 0.717) is 0 Å². The van der Waals surface area contributed by atoms with Crippen LogP contribution >= 0.6 is 0 Å². The average molecular weight is 110 g/mol. The fraction of sp³-hybridized carbons (Fsp3) is 1.00. The summed E-state index contributed by atoms with van der Waals surface area (Å²) in [6.45, 7) is 2.42. The average Bonchev–Trinajstić information content (AvgIpc) is 1.80. The highest BCUT2D eigenvalue weighted by atomic mass is 14.4. The van der Waals surface area contributed by atoms with Crippen molar-refractivity contribution in [3.63, 3.8) is 0 Å². The van der Waals surface area contributed by atoms with Gasteiger partial charge in [0.05, 0.1) is 0 Å². The Balaban J connectivity index is 2.05. The molecule has 2 unspecified atom stereocenters. The van der Waals surface area contributed by atoms with Crippen molar-refractivity contribution >= 4 is 0 Å². The minimum Gasteiger partial charge on any atom is -0.0622 e. The van der Waals surface area contributed by atoms with E-state index >= 15 is 0 Å². The van der Waals surface area contributed by atoms with E-state index in [0.717, 1.165) is 11.8 Å². The van der Waals surface area contributed by atoms with Crippen LogP contribution in [0.1, 0.15) is 32.6 Å². The first-order valence-electron chi connectivity index (χ1n) is 3.88. The van der Waals surface area contributed by atoms with E-state index in [1.165, 1.54) is 12.3 Å². The van der Waals surface area contributed by atoms with E-state index in [1.54, 1.807) is 19.3 Å². The first kappa shape index (κ1) is 4.84. The zero-order valence-corrected chi connectivity index (χ0v) is 5.56. The molecule has 0 spiro atoms. The molecule has 0 heteroatoms. The van der Waals surface area contributed by atoms with Crippen LogP contribution in [0.25, 0.3) is 0 Å². The summed E-state index contributed by atoms with van der Waals surface area (Å²) in [6.07, 6.45) is 6.17. The SMILES string of the molecule is CC1CCC2CC[C@@H]12. The van der Waals surface area contributed by atoms with Crippen LogP contribution in [0.15, 0.2) is 0 Å². The molecule has 2 saturated carbocycles. The molecule has 2 aliphatic carbocycles. The van der Waals surface area contributed by atoms with Crippen LogP contribution in [0.2, 0.25) is 0 Å². The highest BCUT2D eigenvalue weighted by Gasteiger charge is 2.39. The number of rotatable bonds is 0. The maximum absolute atomic E-state index is 2.42. The van der Waals surface area contributed by atoms with Crippen LogP contribution < -0.4 is 0 Å². The number of fused-ring (bicyclic) bond motifs is 1. The van der Waals surface area contributed by atoms with Gasteiger partial charge in [-0.25, -0.2) is 0 Å². The summed E-state index contributed by atoms with van der Waals surface area (Å²) in [4.78, 5) is 0. The highest BCUT2D eigenvalue weighted by Crippen LogP contribution is 2.49. The van der Waals surface area contributed by atoms with E-state index in [1.807, 2.05) is 0 Å². The van der Waals surface area contributed by atoms with Crippen molar-refractivity contribution in [1.29, 1.82) is 0 Å². The first-order valence-corrected chi connectivity index (χ1v) is 3.88. The molecule has 2 fully saturated rings. The van der Waals surface area contributed by atoms with Crippen molar-refractivity contribution in [2.45, 2.75) is 32.6 Å². The van der Waals surface area contributed by atoms with Gasteiger partial charge in [0.15, 0.2) is 0 Å². The van der Waals surface area contributed by atoms with Crippen LogP contribution in [0.5, 0.6) is 0 Å². The Bertz CT molecular complexity index is 90.2. The molecule has 0 aromatic rings. The molecule has 0 heterocycles. The van der Waals surface area contributed by atoms with Gasteiger partial charge >= 0.3 is 0 Å². The smallest absolute Gasteiger partial charge is 0.0360 e. The molecule has 0 aromatic heterocycles. The van der Waals surface area contributed by atoms with Crippen molar-refractivity contribution < 1.29 is 0 Å². The summed E-state index contributed by atoms with van der Waals surface area (Å²) < 4.78 is 0. The van der Waals surface area contributed by atoms with E-state index in [4.69, 9.17) is 0 Å². The van der Waals surface area contributed by atoms with Crippen LogP contribution in [0.4, 0.5) is 0 Å². The largest absolute Gasteiger partial charge is 0.0622 e. The highest BCUT2D eigenvalue weighted by molar-refractivity contribution is 4.89. The fourth-order valence-corrected chi connectivity index (χ4v) is 2.39. The van der Waals surface area contributed by atoms with Gasteiger partial charge in [-0.2, -0.15) is 0 Å². The van der Waals surface area contributed by atoms with Gasteiger partial charge in [0.1, 0.15) is 0 Å². The molecule has 46 valence electrons. The van der Waals surface area contributed by atoms with Crippen molar-refractivity contribution in [3.05, 3.63) is 0 Å². The summed E-state index contributed by atoms with van der Waals surface area (Å²) in [5.41, 5.74) is 0. The van der Waals surface area contributed by atoms with Crippen LogP contribution in [0.3, 0.4) is 0 Å². The van der Waals surface area contributed by atoms with Crippen LogP contribution in [-0.4, -0.2) is 0 Å². The standard InChI is InChI=1S/C8H14/c1-6-2-3-7-4-5-8(6)7/h6-8H,2-5H2,1H3/t6?,7?,8-/m0/s1. The van der Waals surface area contributed by atoms with Crippen LogP contribution in [0, 0.1) is 17.8 Å². The molecule has 0 amide bonds. The molecule has 8 heavy (non-hydrogen) atoms. The number of hydrogen-bond donors (Lipinski definition) is 0. The molecule has 0 nitrogen and oxygen atoms in total. The Hall–Kier alpha value is 0. The van der Waals surface area contributed by atoms with Crippen molar-refractivity contribution in [1.82, 2.24) is 0 Å². The van der Waals surface area contributed by atoms with Gasteiger partial charge in [0.2, 0.25) is 0 Å². The lowest BCUT2D eigenvalue weighted by Gasteiger charge is -2.32. The molecule has 2 aliphatic rings. The van der Waals surface area contributed by atoms with E-state index in [-0.39, 0.29) is 0 Å². The lowest BCUT2D eigenvalue weighted by Crippen LogP contribution is -2.23.